The summed E-state index contributed by atoms with van der Waals surface area (Å²) in [6.07, 6.45) is -0.244. The SMILES string of the molecule is COc1ccc(C(=O)CCC(=O)NC(C)(C(=O)O)c2ccc(F)cc2)cc1. The van der Waals surface area contributed by atoms with Gasteiger partial charge >= 0.3 is 5.97 Å². The quantitative estimate of drug-likeness (QED) is 0.694. The van der Waals surface area contributed by atoms with Crippen LogP contribution in [0.5, 0.6) is 5.75 Å². The van der Waals surface area contributed by atoms with Crippen LogP contribution in [0.25, 0.3) is 0 Å². The molecule has 0 saturated carbocycles. The molecule has 6 nitrogen and oxygen atoms in total. The summed E-state index contributed by atoms with van der Waals surface area (Å²) in [5.74, 6) is -2.02. The van der Waals surface area contributed by atoms with E-state index in [1.165, 1.54) is 26.2 Å². The molecule has 1 unspecified atom stereocenters. The van der Waals surface area contributed by atoms with Crippen LogP contribution < -0.4 is 10.1 Å². The number of hydrogen-bond acceptors (Lipinski definition) is 4. The fraction of sp³-hybridized carbons (Fsp3) is 0.250. The Kier molecular flexibility index (Phi) is 6.28. The minimum absolute atomic E-state index is 0.0721. The van der Waals surface area contributed by atoms with Crippen molar-refractivity contribution in [3.8, 4) is 5.75 Å². The molecule has 7 heteroatoms. The van der Waals surface area contributed by atoms with Crippen molar-refractivity contribution in [3.63, 3.8) is 0 Å². The molecular weight excluding hydrogens is 353 g/mol. The normalized spacial score (nSPS) is 12.7. The Balaban J connectivity index is 2.02. The van der Waals surface area contributed by atoms with Crippen LogP contribution in [0.4, 0.5) is 4.39 Å². The summed E-state index contributed by atoms with van der Waals surface area (Å²) in [5, 5.41) is 11.9. The van der Waals surface area contributed by atoms with Gasteiger partial charge in [-0.05, 0) is 48.9 Å². The maximum Gasteiger partial charge on any atom is 0.333 e. The number of carbonyl (C=O) groups is 3. The number of hydrogen-bond donors (Lipinski definition) is 2. The standard InChI is InChI=1S/C20H20FNO5/c1-20(19(25)26,14-5-7-15(21)8-6-14)22-18(24)12-11-17(23)13-3-9-16(27-2)10-4-13/h3-10H,11-12H2,1-2H3,(H,22,24)(H,25,26). The Morgan fingerprint density at radius 3 is 2.15 bits per heavy atom. The molecule has 0 saturated heterocycles. The molecule has 2 aromatic rings. The van der Waals surface area contributed by atoms with Crippen LogP contribution in [0.1, 0.15) is 35.7 Å². The Labute approximate surface area is 156 Å². The van der Waals surface area contributed by atoms with Gasteiger partial charge < -0.3 is 15.2 Å². The molecule has 0 aliphatic heterocycles. The third-order valence-corrected chi connectivity index (χ3v) is 4.23. The van der Waals surface area contributed by atoms with E-state index in [-0.39, 0.29) is 24.2 Å². The van der Waals surface area contributed by atoms with E-state index < -0.39 is 23.2 Å². The summed E-state index contributed by atoms with van der Waals surface area (Å²) >= 11 is 0. The molecule has 2 N–H and O–H groups in total. The second-order valence-corrected chi connectivity index (χ2v) is 6.14. The number of Topliss-reactive ketones (excluding diaryl/α,β-unsaturated/α-hetero) is 1. The number of rotatable bonds is 8. The fourth-order valence-corrected chi connectivity index (χ4v) is 2.52. The lowest BCUT2D eigenvalue weighted by Crippen LogP contribution is -2.49. The van der Waals surface area contributed by atoms with E-state index >= 15 is 0 Å². The van der Waals surface area contributed by atoms with Crippen molar-refractivity contribution >= 4 is 17.7 Å². The fourth-order valence-electron chi connectivity index (χ4n) is 2.52. The van der Waals surface area contributed by atoms with Gasteiger partial charge in [-0.3, -0.25) is 9.59 Å². The highest BCUT2D eigenvalue weighted by molar-refractivity contribution is 5.98. The molecule has 2 rings (SSSR count). The lowest BCUT2D eigenvalue weighted by Gasteiger charge is -2.26. The molecule has 0 fully saturated rings. The van der Waals surface area contributed by atoms with E-state index in [1.54, 1.807) is 24.3 Å². The molecule has 1 amide bonds. The predicted molar refractivity (Wildman–Crippen MR) is 96.1 cm³/mol. The van der Waals surface area contributed by atoms with E-state index in [0.717, 1.165) is 12.1 Å². The second kappa shape index (κ2) is 8.44. The van der Waals surface area contributed by atoms with Gasteiger partial charge in [0.1, 0.15) is 11.6 Å². The van der Waals surface area contributed by atoms with E-state index in [2.05, 4.69) is 5.32 Å². The van der Waals surface area contributed by atoms with Crippen LogP contribution in [0.15, 0.2) is 48.5 Å². The molecule has 142 valence electrons. The molecule has 0 aromatic heterocycles. The zero-order chi connectivity index (χ0) is 20.0. The smallest absolute Gasteiger partial charge is 0.333 e. The van der Waals surface area contributed by atoms with Crippen LogP contribution in [0.3, 0.4) is 0 Å². The van der Waals surface area contributed by atoms with Gasteiger partial charge in [0.2, 0.25) is 5.91 Å². The number of carboxylic acid groups (broad SMARTS) is 1. The molecule has 0 heterocycles. The van der Waals surface area contributed by atoms with Gasteiger partial charge in [-0.15, -0.1) is 0 Å². The van der Waals surface area contributed by atoms with Crippen molar-refractivity contribution in [2.45, 2.75) is 25.3 Å². The van der Waals surface area contributed by atoms with E-state index in [4.69, 9.17) is 4.74 Å². The highest BCUT2D eigenvalue weighted by Gasteiger charge is 2.36. The summed E-state index contributed by atoms with van der Waals surface area (Å²) in [7, 11) is 1.52. The number of carboxylic acids is 1. The monoisotopic (exact) mass is 373 g/mol. The van der Waals surface area contributed by atoms with Crippen LogP contribution in [0.2, 0.25) is 0 Å². The van der Waals surface area contributed by atoms with Crippen molar-refractivity contribution < 1.29 is 28.6 Å². The van der Waals surface area contributed by atoms with Crippen molar-refractivity contribution in [1.82, 2.24) is 5.32 Å². The summed E-state index contributed by atoms with van der Waals surface area (Å²) in [5.41, 5.74) is -1.07. The minimum Gasteiger partial charge on any atom is -0.497 e. The van der Waals surface area contributed by atoms with Gasteiger partial charge in [0.25, 0.3) is 0 Å². The Morgan fingerprint density at radius 1 is 1.04 bits per heavy atom. The number of carbonyl (C=O) groups excluding carboxylic acids is 2. The number of amides is 1. The van der Waals surface area contributed by atoms with Crippen molar-refractivity contribution in [1.29, 1.82) is 0 Å². The Morgan fingerprint density at radius 2 is 1.63 bits per heavy atom. The molecule has 0 radical (unpaired) electrons. The molecule has 2 aromatic carbocycles. The Bertz CT molecular complexity index is 832. The lowest BCUT2D eigenvalue weighted by molar-refractivity contribution is -0.147. The number of nitrogens with one attached hydrogen (secondary N) is 1. The first-order valence-electron chi connectivity index (χ1n) is 8.24. The van der Waals surface area contributed by atoms with Crippen molar-refractivity contribution in [2.24, 2.45) is 0 Å². The van der Waals surface area contributed by atoms with Crippen LogP contribution in [-0.2, 0) is 15.1 Å². The summed E-state index contributed by atoms with van der Waals surface area (Å²) in [6, 6.07) is 11.3. The van der Waals surface area contributed by atoms with Gasteiger partial charge in [0.05, 0.1) is 7.11 Å². The van der Waals surface area contributed by atoms with Gasteiger partial charge in [-0.2, -0.15) is 0 Å². The first-order chi connectivity index (χ1) is 12.8. The van der Waals surface area contributed by atoms with Gasteiger partial charge in [0, 0.05) is 18.4 Å². The van der Waals surface area contributed by atoms with Crippen LogP contribution >= 0.6 is 0 Å². The van der Waals surface area contributed by atoms with Crippen molar-refractivity contribution in [2.75, 3.05) is 7.11 Å². The summed E-state index contributed by atoms with van der Waals surface area (Å²) in [4.78, 5) is 36.1. The maximum absolute atomic E-state index is 13.1. The van der Waals surface area contributed by atoms with Gasteiger partial charge in [-0.1, -0.05) is 12.1 Å². The van der Waals surface area contributed by atoms with Crippen molar-refractivity contribution in [3.05, 3.63) is 65.5 Å². The van der Waals surface area contributed by atoms with Gasteiger partial charge in [-0.25, -0.2) is 9.18 Å². The van der Waals surface area contributed by atoms with E-state index in [9.17, 15) is 23.9 Å². The molecule has 0 aliphatic carbocycles. The highest BCUT2D eigenvalue weighted by atomic mass is 19.1. The first-order valence-corrected chi connectivity index (χ1v) is 8.24. The molecule has 27 heavy (non-hydrogen) atoms. The zero-order valence-corrected chi connectivity index (χ0v) is 15.0. The predicted octanol–water partition coefficient (Wildman–Crippen LogP) is 2.91. The maximum atomic E-state index is 13.1. The largest absolute Gasteiger partial charge is 0.497 e. The average molecular weight is 373 g/mol. The third-order valence-electron chi connectivity index (χ3n) is 4.23. The third kappa shape index (κ3) is 4.91. The first kappa shape index (κ1) is 20.1. The molecule has 0 aliphatic rings. The summed E-state index contributed by atoms with van der Waals surface area (Å²) in [6.45, 7) is 1.31. The molecule has 0 bridgehead atoms. The lowest BCUT2D eigenvalue weighted by atomic mass is 9.91. The number of ketones is 1. The zero-order valence-electron chi connectivity index (χ0n) is 15.0. The molecule has 0 spiro atoms. The average Bonchev–Trinajstić information content (AvgIpc) is 2.66. The van der Waals surface area contributed by atoms with Crippen LogP contribution in [-0.4, -0.2) is 29.9 Å². The number of ether oxygens (including phenoxy) is 1. The highest BCUT2D eigenvalue weighted by Crippen LogP contribution is 2.22. The summed E-state index contributed by atoms with van der Waals surface area (Å²) < 4.78 is 18.1. The van der Waals surface area contributed by atoms with Gasteiger partial charge in [0.15, 0.2) is 11.3 Å². The van der Waals surface area contributed by atoms with E-state index in [0.29, 0.717) is 11.3 Å². The second-order valence-electron chi connectivity index (χ2n) is 6.14. The number of benzene rings is 2. The molecule has 1 atom stereocenters. The van der Waals surface area contributed by atoms with Crippen LogP contribution in [0, 0.1) is 5.82 Å². The number of methoxy groups -OCH3 is 1. The number of halogens is 1. The number of aliphatic carboxylic acids is 1. The molecular formula is C20H20FNO5. The topological polar surface area (TPSA) is 92.7 Å². The Hall–Kier alpha value is -3.22. The van der Waals surface area contributed by atoms with E-state index in [1.807, 2.05) is 0 Å². The minimum atomic E-state index is -1.73.